The molecule has 0 spiro atoms. The van der Waals surface area contributed by atoms with Crippen molar-refractivity contribution < 1.29 is 0 Å². The van der Waals surface area contributed by atoms with Crippen molar-refractivity contribution in [1.29, 1.82) is 0 Å². The Bertz CT molecular complexity index is 2090. The molecule has 2 aromatic carbocycles. The van der Waals surface area contributed by atoms with E-state index >= 15 is 0 Å². The van der Waals surface area contributed by atoms with Gasteiger partial charge in [-0.05, 0) is 60.7 Å². The highest BCUT2D eigenvalue weighted by Crippen LogP contribution is 2.32. The summed E-state index contributed by atoms with van der Waals surface area (Å²) in [6.07, 6.45) is 7.03. The Kier molecular flexibility index (Phi) is 5.93. The first-order valence-corrected chi connectivity index (χ1v) is 13.8. The third-order valence-electron chi connectivity index (χ3n) is 7.29. The van der Waals surface area contributed by atoms with E-state index in [1.54, 1.807) is 24.8 Å². The van der Waals surface area contributed by atoms with Crippen molar-refractivity contribution in [2.45, 2.75) is 0 Å². The average Bonchev–Trinajstić information content (AvgIpc) is 3.43. The molecule has 6 aromatic heterocycles. The molecule has 0 amide bonds. The second-order valence-corrected chi connectivity index (χ2v) is 9.94. The number of aromatic nitrogens is 8. The van der Waals surface area contributed by atoms with E-state index in [1.807, 2.05) is 72.8 Å². The Morgan fingerprint density at radius 2 is 0.860 bits per heavy atom. The lowest BCUT2D eigenvalue weighted by Gasteiger charge is -2.11. The van der Waals surface area contributed by atoms with E-state index in [2.05, 4.69) is 60.9 Å². The van der Waals surface area contributed by atoms with Crippen LogP contribution in [0.5, 0.6) is 0 Å². The zero-order chi connectivity index (χ0) is 28.6. The molecule has 8 heteroatoms. The van der Waals surface area contributed by atoms with Crippen LogP contribution in [0.3, 0.4) is 0 Å². The molecule has 0 N–H and O–H groups in total. The molecule has 0 saturated heterocycles. The highest BCUT2D eigenvalue weighted by molar-refractivity contribution is 6.08. The molecule has 0 aliphatic heterocycles. The summed E-state index contributed by atoms with van der Waals surface area (Å²) < 4.78 is 2.10. The lowest BCUT2D eigenvalue weighted by molar-refractivity contribution is 0.952. The number of pyridine rings is 4. The Morgan fingerprint density at radius 1 is 0.395 bits per heavy atom. The molecular weight excluding hydrogens is 532 g/mol. The van der Waals surface area contributed by atoms with Crippen LogP contribution in [0.4, 0.5) is 0 Å². The van der Waals surface area contributed by atoms with E-state index in [-0.39, 0.29) is 0 Å². The minimum atomic E-state index is 0.518. The number of nitrogens with zero attached hydrogens (tertiary/aromatic N) is 8. The second-order valence-electron chi connectivity index (χ2n) is 9.94. The molecule has 202 valence electrons. The van der Waals surface area contributed by atoms with Gasteiger partial charge in [0.2, 0.25) is 5.95 Å². The van der Waals surface area contributed by atoms with Gasteiger partial charge in [-0.15, -0.1) is 0 Å². The van der Waals surface area contributed by atoms with Crippen LogP contribution < -0.4 is 0 Å². The van der Waals surface area contributed by atoms with Crippen LogP contribution in [0, 0.1) is 0 Å². The van der Waals surface area contributed by atoms with Crippen LogP contribution in [0.25, 0.3) is 73.3 Å². The maximum Gasteiger partial charge on any atom is 0.238 e. The summed E-state index contributed by atoms with van der Waals surface area (Å²) >= 11 is 0. The monoisotopic (exact) mass is 554 g/mol. The van der Waals surface area contributed by atoms with E-state index in [4.69, 9.17) is 15.0 Å². The summed E-state index contributed by atoms with van der Waals surface area (Å²) in [6.45, 7) is 0. The molecule has 0 fully saturated rings. The highest BCUT2D eigenvalue weighted by Gasteiger charge is 2.18. The molecular formula is C35H22N8. The number of benzene rings is 2. The van der Waals surface area contributed by atoms with Gasteiger partial charge in [0, 0.05) is 46.7 Å². The molecule has 0 aliphatic carbocycles. The molecule has 0 unspecified atom stereocenters. The zero-order valence-electron chi connectivity index (χ0n) is 22.8. The quantitative estimate of drug-likeness (QED) is 0.222. The van der Waals surface area contributed by atoms with Crippen molar-refractivity contribution in [2.24, 2.45) is 0 Å². The van der Waals surface area contributed by atoms with Gasteiger partial charge < -0.3 is 0 Å². The van der Waals surface area contributed by atoms with Gasteiger partial charge in [-0.1, -0.05) is 48.5 Å². The van der Waals surface area contributed by atoms with Gasteiger partial charge in [0.15, 0.2) is 11.6 Å². The normalized spacial score (nSPS) is 11.3. The van der Waals surface area contributed by atoms with Crippen LogP contribution in [-0.2, 0) is 0 Å². The van der Waals surface area contributed by atoms with Crippen molar-refractivity contribution >= 4 is 21.8 Å². The lowest BCUT2D eigenvalue weighted by Crippen LogP contribution is -2.06. The van der Waals surface area contributed by atoms with Crippen LogP contribution in [0.15, 0.2) is 134 Å². The predicted molar refractivity (Wildman–Crippen MR) is 167 cm³/mol. The maximum atomic E-state index is 5.05. The van der Waals surface area contributed by atoms with E-state index in [1.165, 1.54) is 0 Å². The van der Waals surface area contributed by atoms with Gasteiger partial charge >= 0.3 is 0 Å². The van der Waals surface area contributed by atoms with E-state index < -0.39 is 0 Å². The van der Waals surface area contributed by atoms with Crippen molar-refractivity contribution in [2.75, 3.05) is 0 Å². The third kappa shape index (κ3) is 4.47. The summed E-state index contributed by atoms with van der Waals surface area (Å²) in [5.41, 5.74) is 6.66. The first-order valence-electron chi connectivity index (χ1n) is 13.8. The second kappa shape index (κ2) is 10.4. The zero-order valence-corrected chi connectivity index (χ0v) is 22.8. The summed E-state index contributed by atoms with van der Waals surface area (Å²) in [7, 11) is 0. The van der Waals surface area contributed by atoms with Gasteiger partial charge in [0.25, 0.3) is 0 Å². The molecule has 8 rings (SSSR count). The Morgan fingerprint density at radius 3 is 1.35 bits per heavy atom. The van der Waals surface area contributed by atoms with Crippen molar-refractivity contribution in [1.82, 2.24) is 39.5 Å². The van der Waals surface area contributed by atoms with E-state index in [0.29, 0.717) is 17.6 Å². The smallest absolute Gasteiger partial charge is 0.238 e. The predicted octanol–water partition coefficient (Wildman–Crippen LogP) is 7.22. The summed E-state index contributed by atoms with van der Waals surface area (Å²) in [6, 6.07) is 35.9. The van der Waals surface area contributed by atoms with Crippen molar-refractivity contribution in [3.05, 3.63) is 134 Å². The lowest BCUT2D eigenvalue weighted by atomic mass is 10.1. The maximum absolute atomic E-state index is 5.05. The molecule has 8 aromatic rings. The molecule has 0 saturated carbocycles. The van der Waals surface area contributed by atoms with Crippen LogP contribution >= 0.6 is 0 Å². The standard InChI is InChI=1S/C35H22N8/c1-3-13-31-25(9-1)26-10-2-4-14-32(26)43(31)35-41-33(23-15-19-38-29(21-23)27-11-5-7-17-36-27)40-34(42-35)24-16-20-39-30(22-24)28-12-6-8-18-37-28/h1-22H. The van der Waals surface area contributed by atoms with Gasteiger partial charge in [-0.2, -0.15) is 9.97 Å². The van der Waals surface area contributed by atoms with Crippen molar-refractivity contribution in [3.8, 4) is 51.5 Å². The van der Waals surface area contributed by atoms with Gasteiger partial charge in [-0.25, -0.2) is 4.98 Å². The fourth-order valence-electron chi connectivity index (χ4n) is 5.31. The van der Waals surface area contributed by atoms with Gasteiger partial charge in [0.05, 0.1) is 33.8 Å². The van der Waals surface area contributed by atoms with Crippen LogP contribution in [0.2, 0.25) is 0 Å². The van der Waals surface area contributed by atoms with Crippen molar-refractivity contribution in [3.63, 3.8) is 0 Å². The van der Waals surface area contributed by atoms with Crippen LogP contribution in [0.1, 0.15) is 0 Å². The molecule has 8 nitrogen and oxygen atoms in total. The average molecular weight is 555 g/mol. The summed E-state index contributed by atoms with van der Waals surface area (Å²) in [5, 5.41) is 2.26. The number of hydrogen-bond acceptors (Lipinski definition) is 7. The molecule has 0 radical (unpaired) electrons. The number of para-hydroxylation sites is 2. The number of hydrogen-bond donors (Lipinski definition) is 0. The Hall–Kier alpha value is -6.15. The summed E-state index contributed by atoms with van der Waals surface area (Å²) in [4.78, 5) is 33.2. The largest absolute Gasteiger partial charge is 0.278 e. The molecule has 43 heavy (non-hydrogen) atoms. The topological polar surface area (TPSA) is 95.2 Å². The molecule has 6 heterocycles. The minimum Gasteiger partial charge on any atom is -0.278 e. The fourth-order valence-corrected chi connectivity index (χ4v) is 5.31. The fraction of sp³-hybridized carbons (Fsp3) is 0. The highest BCUT2D eigenvalue weighted by atomic mass is 15.2. The van der Waals surface area contributed by atoms with E-state index in [9.17, 15) is 0 Å². The number of fused-ring (bicyclic) bond motifs is 3. The van der Waals surface area contributed by atoms with Gasteiger partial charge in [-0.3, -0.25) is 24.5 Å². The Labute approximate surface area is 246 Å². The first-order chi connectivity index (χ1) is 21.3. The SMILES string of the molecule is c1ccc(-c2cc(-c3nc(-c4ccnc(-c5ccccn5)c4)nc(-n4c5ccccc5c5ccccc54)n3)ccn2)nc1. The third-order valence-corrected chi connectivity index (χ3v) is 7.29. The van der Waals surface area contributed by atoms with Gasteiger partial charge in [0.1, 0.15) is 0 Å². The first kappa shape index (κ1) is 24.6. The molecule has 0 atom stereocenters. The summed E-state index contributed by atoms with van der Waals surface area (Å²) in [5.74, 6) is 1.57. The van der Waals surface area contributed by atoms with Crippen LogP contribution in [-0.4, -0.2) is 39.5 Å². The molecule has 0 aliphatic rings. The van der Waals surface area contributed by atoms with E-state index in [0.717, 1.165) is 55.7 Å². The Balaban J connectivity index is 1.37. The molecule has 0 bridgehead atoms. The number of rotatable bonds is 5. The minimum absolute atomic E-state index is 0.518.